The Hall–Kier alpha value is -1.10. The molecule has 1 fully saturated rings. The molecule has 0 aromatic carbocycles. The molecule has 19 heavy (non-hydrogen) atoms. The van der Waals surface area contributed by atoms with Crippen molar-refractivity contribution in [3.8, 4) is 0 Å². The first-order valence-electron chi connectivity index (χ1n) is 6.93. The van der Waals surface area contributed by atoms with E-state index in [1.54, 1.807) is 0 Å². The molecule has 1 aliphatic rings. The van der Waals surface area contributed by atoms with Gasteiger partial charge in [0.05, 0.1) is 18.6 Å². The molecule has 1 atom stereocenters. The Labute approximate surface area is 114 Å². The van der Waals surface area contributed by atoms with E-state index in [9.17, 15) is 9.59 Å². The molecule has 0 aliphatic carbocycles. The van der Waals surface area contributed by atoms with Crippen LogP contribution in [-0.4, -0.2) is 37.9 Å². The third kappa shape index (κ3) is 5.19. The lowest BCUT2D eigenvalue weighted by molar-refractivity contribution is -0.154. The van der Waals surface area contributed by atoms with E-state index in [1.165, 1.54) is 0 Å². The van der Waals surface area contributed by atoms with Crippen LogP contribution in [0.5, 0.6) is 0 Å². The zero-order valence-corrected chi connectivity index (χ0v) is 12.1. The molecule has 0 spiro atoms. The molecule has 0 amide bonds. The van der Waals surface area contributed by atoms with E-state index in [0.29, 0.717) is 26.2 Å². The number of esters is 2. The average Bonchev–Trinajstić information content (AvgIpc) is 2.79. The third-order valence-corrected chi connectivity index (χ3v) is 3.41. The highest BCUT2D eigenvalue weighted by molar-refractivity contribution is 5.76. The van der Waals surface area contributed by atoms with Gasteiger partial charge in [-0.05, 0) is 33.1 Å². The minimum absolute atomic E-state index is 0.157. The molecule has 5 nitrogen and oxygen atoms in total. The highest BCUT2D eigenvalue weighted by Gasteiger charge is 2.27. The van der Waals surface area contributed by atoms with Gasteiger partial charge in [0.2, 0.25) is 0 Å². The topological polar surface area (TPSA) is 61.8 Å². The number of hydrogen-bond acceptors (Lipinski definition) is 5. The Morgan fingerprint density at radius 3 is 2.63 bits per heavy atom. The molecular weight excluding hydrogens is 248 g/mol. The molecule has 0 aromatic heterocycles. The van der Waals surface area contributed by atoms with Crippen LogP contribution in [-0.2, 0) is 23.8 Å². The fourth-order valence-corrected chi connectivity index (χ4v) is 1.56. The molecule has 1 unspecified atom stereocenters. The summed E-state index contributed by atoms with van der Waals surface area (Å²) < 4.78 is 15.4. The van der Waals surface area contributed by atoms with E-state index in [2.05, 4.69) is 0 Å². The maximum atomic E-state index is 11.7. The molecular formula is C14H24O5. The number of hydrogen-bond donors (Lipinski definition) is 0. The largest absolute Gasteiger partial charge is 0.465 e. The van der Waals surface area contributed by atoms with Crippen LogP contribution in [0.15, 0.2) is 0 Å². The molecule has 1 saturated heterocycles. The fourth-order valence-electron chi connectivity index (χ4n) is 1.56. The molecule has 0 aromatic rings. The van der Waals surface area contributed by atoms with Crippen molar-refractivity contribution in [2.45, 2.75) is 52.6 Å². The second-order valence-corrected chi connectivity index (χ2v) is 5.40. The molecule has 0 bridgehead atoms. The van der Waals surface area contributed by atoms with E-state index in [-0.39, 0.29) is 11.9 Å². The molecule has 1 rings (SSSR count). The summed E-state index contributed by atoms with van der Waals surface area (Å²) in [5.74, 6) is -0.425. The van der Waals surface area contributed by atoms with Gasteiger partial charge >= 0.3 is 11.9 Å². The second-order valence-electron chi connectivity index (χ2n) is 5.40. The summed E-state index contributed by atoms with van der Waals surface area (Å²) in [6.07, 6.45) is 2.51. The maximum absolute atomic E-state index is 11.7. The lowest BCUT2D eigenvalue weighted by Crippen LogP contribution is -2.26. The van der Waals surface area contributed by atoms with Crippen LogP contribution in [0, 0.1) is 5.41 Å². The van der Waals surface area contributed by atoms with Gasteiger partial charge in [-0.1, -0.05) is 6.92 Å². The monoisotopic (exact) mass is 272 g/mol. The van der Waals surface area contributed by atoms with Gasteiger partial charge in [0.1, 0.15) is 0 Å². The Morgan fingerprint density at radius 2 is 2.05 bits per heavy atom. The Morgan fingerprint density at radius 1 is 1.37 bits per heavy atom. The van der Waals surface area contributed by atoms with Crippen molar-refractivity contribution < 1.29 is 23.8 Å². The summed E-state index contributed by atoms with van der Waals surface area (Å²) in [6.45, 7) is 7.08. The summed E-state index contributed by atoms with van der Waals surface area (Å²) >= 11 is 0. The molecule has 110 valence electrons. The normalized spacial score (nSPS) is 19.3. The van der Waals surface area contributed by atoms with Crippen molar-refractivity contribution in [3.05, 3.63) is 0 Å². The average molecular weight is 272 g/mol. The summed E-state index contributed by atoms with van der Waals surface area (Å²) in [7, 11) is 0. The Balaban J connectivity index is 2.02. The molecule has 0 N–H and O–H groups in total. The molecule has 0 saturated carbocycles. The number of cyclic esters (lactones) is 1. The lowest BCUT2D eigenvalue weighted by Gasteiger charge is -2.20. The summed E-state index contributed by atoms with van der Waals surface area (Å²) in [5.41, 5.74) is -0.413. The van der Waals surface area contributed by atoms with E-state index in [4.69, 9.17) is 14.2 Å². The first kappa shape index (κ1) is 16.0. The highest BCUT2D eigenvalue weighted by atomic mass is 16.6. The van der Waals surface area contributed by atoms with E-state index in [1.807, 2.05) is 20.8 Å². The standard InChI is InChI=1S/C14H24O5/c1-4-14(2,3)13(16)19-9-6-5-8-17-11-7-10-18-12(11)15/h11H,4-10H2,1-3H3. The van der Waals surface area contributed by atoms with Gasteiger partial charge in [0.25, 0.3) is 0 Å². The first-order chi connectivity index (χ1) is 8.97. The van der Waals surface area contributed by atoms with Gasteiger partial charge in [-0.3, -0.25) is 4.79 Å². The van der Waals surface area contributed by atoms with Crippen molar-refractivity contribution in [1.82, 2.24) is 0 Å². The van der Waals surface area contributed by atoms with Crippen molar-refractivity contribution in [1.29, 1.82) is 0 Å². The zero-order valence-electron chi connectivity index (χ0n) is 12.1. The molecule has 1 aliphatic heterocycles. The molecule has 1 heterocycles. The first-order valence-corrected chi connectivity index (χ1v) is 6.93. The van der Waals surface area contributed by atoms with Crippen LogP contribution in [0.25, 0.3) is 0 Å². The Kier molecular flexibility index (Phi) is 6.28. The smallest absolute Gasteiger partial charge is 0.335 e. The predicted molar refractivity (Wildman–Crippen MR) is 69.6 cm³/mol. The number of carbonyl (C=O) groups is 2. The van der Waals surface area contributed by atoms with Crippen LogP contribution >= 0.6 is 0 Å². The quantitative estimate of drug-likeness (QED) is 0.500. The van der Waals surface area contributed by atoms with Crippen molar-refractivity contribution in [3.63, 3.8) is 0 Å². The zero-order chi connectivity index (χ0) is 14.3. The maximum Gasteiger partial charge on any atom is 0.335 e. The second kappa shape index (κ2) is 7.48. The summed E-state index contributed by atoms with van der Waals surface area (Å²) in [5, 5.41) is 0. The van der Waals surface area contributed by atoms with Crippen molar-refractivity contribution in [2.75, 3.05) is 19.8 Å². The van der Waals surface area contributed by atoms with Crippen molar-refractivity contribution >= 4 is 11.9 Å². The highest BCUT2D eigenvalue weighted by Crippen LogP contribution is 2.21. The lowest BCUT2D eigenvalue weighted by atomic mass is 9.91. The van der Waals surface area contributed by atoms with Crippen LogP contribution in [0.4, 0.5) is 0 Å². The molecule has 0 radical (unpaired) electrons. The van der Waals surface area contributed by atoms with Gasteiger partial charge in [0, 0.05) is 13.0 Å². The number of rotatable bonds is 8. The van der Waals surface area contributed by atoms with Crippen molar-refractivity contribution in [2.24, 2.45) is 5.41 Å². The number of carbonyl (C=O) groups excluding carboxylic acids is 2. The number of unbranched alkanes of at least 4 members (excludes halogenated alkanes) is 1. The van der Waals surface area contributed by atoms with Crippen LogP contribution in [0.3, 0.4) is 0 Å². The third-order valence-electron chi connectivity index (χ3n) is 3.41. The van der Waals surface area contributed by atoms with Gasteiger partial charge < -0.3 is 14.2 Å². The van der Waals surface area contributed by atoms with Crippen LogP contribution in [0.2, 0.25) is 0 Å². The van der Waals surface area contributed by atoms with Crippen LogP contribution in [0.1, 0.15) is 46.5 Å². The molecule has 5 heteroatoms. The fraction of sp³-hybridized carbons (Fsp3) is 0.857. The van der Waals surface area contributed by atoms with Gasteiger partial charge in [-0.15, -0.1) is 0 Å². The minimum Gasteiger partial charge on any atom is -0.465 e. The van der Waals surface area contributed by atoms with Gasteiger partial charge in [-0.25, -0.2) is 4.79 Å². The van der Waals surface area contributed by atoms with Crippen LogP contribution < -0.4 is 0 Å². The van der Waals surface area contributed by atoms with E-state index < -0.39 is 11.5 Å². The Bertz CT molecular complexity index is 311. The summed E-state index contributed by atoms with van der Waals surface area (Å²) in [6, 6.07) is 0. The van der Waals surface area contributed by atoms with Gasteiger partial charge in [-0.2, -0.15) is 0 Å². The van der Waals surface area contributed by atoms with E-state index in [0.717, 1.165) is 19.3 Å². The SMILES string of the molecule is CCC(C)(C)C(=O)OCCCCOC1CCOC1=O. The van der Waals surface area contributed by atoms with Gasteiger partial charge in [0.15, 0.2) is 6.10 Å². The summed E-state index contributed by atoms with van der Waals surface area (Å²) in [4.78, 5) is 22.8. The van der Waals surface area contributed by atoms with E-state index >= 15 is 0 Å². The predicted octanol–water partition coefficient (Wildman–Crippen LogP) is 2.08. The number of ether oxygens (including phenoxy) is 3. The minimum atomic E-state index is -0.413.